The maximum atomic E-state index is 12.2. The second-order valence-corrected chi connectivity index (χ2v) is 6.68. The number of aromatic nitrogens is 2. The Morgan fingerprint density at radius 1 is 1.19 bits per heavy atom. The molecule has 0 bridgehead atoms. The summed E-state index contributed by atoms with van der Waals surface area (Å²) < 4.78 is 11.1. The highest BCUT2D eigenvalue weighted by atomic mass is 32.1. The van der Waals surface area contributed by atoms with Gasteiger partial charge in [-0.25, -0.2) is 4.98 Å². The van der Waals surface area contributed by atoms with E-state index >= 15 is 0 Å². The molecule has 1 amide bonds. The first kappa shape index (κ1) is 16.5. The molecule has 3 heterocycles. The summed E-state index contributed by atoms with van der Waals surface area (Å²) in [5.74, 6) is 1.41. The number of ether oxygens (including phenoxy) is 2. The van der Waals surface area contributed by atoms with Crippen LogP contribution in [-0.4, -0.2) is 29.1 Å². The molecule has 1 aliphatic rings. The minimum atomic E-state index is -0.0667. The smallest absolute Gasteiger partial charge is 0.226 e. The van der Waals surface area contributed by atoms with Gasteiger partial charge in [-0.2, -0.15) is 0 Å². The number of nitrogens with one attached hydrogen (secondary N) is 1. The van der Waals surface area contributed by atoms with Crippen molar-refractivity contribution in [1.82, 2.24) is 15.3 Å². The Hall–Kier alpha value is -2.93. The summed E-state index contributed by atoms with van der Waals surface area (Å²) in [5.41, 5.74) is 2.69. The van der Waals surface area contributed by atoms with E-state index in [-0.39, 0.29) is 12.3 Å². The molecule has 0 saturated carbocycles. The first-order valence-corrected chi connectivity index (χ1v) is 9.16. The van der Waals surface area contributed by atoms with Crippen molar-refractivity contribution < 1.29 is 14.3 Å². The van der Waals surface area contributed by atoms with Crippen LogP contribution < -0.4 is 14.8 Å². The second kappa shape index (κ2) is 7.53. The second-order valence-electron chi connectivity index (χ2n) is 5.82. The van der Waals surface area contributed by atoms with Gasteiger partial charge in [-0.15, -0.1) is 11.3 Å². The zero-order valence-corrected chi connectivity index (χ0v) is 14.8. The van der Waals surface area contributed by atoms with Gasteiger partial charge in [0.2, 0.25) is 5.91 Å². The number of nitrogens with zero attached hydrogens (tertiary/aromatic N) is 2. The van der Waals surface area contributed by atoms with Crippen LogP contribution in [0.4, 0.5) is 0 Å². The van der Waals surface area contributed by atoms with Gasteiger partial charge < -0.3 is 14.8 Å². The number of amides is 1. The largest absolute Gasteiger partial charge is 0.486 e. The van der Waals surface area contributed by atoms with Gasteiger partial charge >= 0.3 is 0 Å². The Bertz CT molecular complexity index is 911. The molecule has 132 valence electrons. The molecular formula is C19H17N3O3S. The molecule has 4 rings (SSSR count). The normalized spacial score (nSPS) is 12.6. The molecule has 7 heteroatoms. The molecule has 0 spiro atoms. The van der Waals surface area contributed by atoms with Crippen LogP contribution in [0, 0.1) is 0 Å². The number of carbonyl (C=O) groups excluding carboxylic acids is 1. The quantitative estimate of drug-likeness (QED) is 0.751. The van der Waals surface area contributed by atoms with Crippen molar-refractivity contribution in [3.63, 3.8) is 0 Å². The highest BCUT2D eigenvalue weighted by Gasteiger charge is 2.13. The number of hydrogen-bond acceptors (Lipinski definition) is 6. The van der Waals surface area contributed by atoms with Crippen molar-refractivity contribution in [2.45, 2.75) is 13.0 Å². The topological polar surface area (TPSA) is 73.3 Å². The van der Waals surface area contributed by atoms with E-state index in [0.29, 0.717) is 19.8 Å². The molecule has 0 fully saturated rings. The molecular weight excluding hydrogens is 350 g/mol. The van der Waals surface area contributed by atoms with E-state index in [0.717, 1.165) is 33.3 Å². The average molecular weight is 367 g/mol. The van der Waals surface area contributed by atoms with E-state index in [2.05, 4.69) is 15.3 Å². The zero-order chi connectivity index (χ0) is 17.8. The Morgan fingerprint density at radius 3 is 2.92 bits per heavy atom. The van der Waals surface area contributed by atoms with Gasteiger partial charge in [0.25, 0.3) is 0 Å². The van der Waals surface area contributed by atoms with Gasteiger partial charge in [-0.05, 0) is 29.8 Å². The Labute approximate surface area is 154 Å². The summed E-state index contributed by atoms with van der Waals surface area (Å²) in [7, 11) is 0. The number of benzene rings is 1. The standard InChI is InChI=1S/C19H17N3O3S/c23-18(9-15-12-26-19(22-15)14-2-1-5-20-11-14)21-10-13-3-4-16-17(8-13)25-7-6-24-16/h1-5,8,11-12H,6-7,9-10H2,(H,21,23). The van der Waals surface area contributed by atoms with Crippen LogP contribution >= 0.6 is 11.3 Å². The molecule has 1 N–H and O–H groups in total. The van der Waals surface area contributed by atoms with Gasteiger partial charge in [-0.3, -0.25) is 9.78 Å². The van der Waals surface area contributed by atoms with Crippen LogP contribution in [-0.2, 0) is 17.8 Å². The fourth-order valence-electron chi connectivity index (χ4n) is 2.64. The lowest BCUT2D eigenvalue weighted by atomic mass is 10.2. The number of hydrogen-bond donors (Lipinski definition) is 1. The third-order valence-corrected chi connectivity index (χ3v) is 4.84. The van der Waals surface area contributed by atoms with Crippen LogP contribution in [0.15, 0.2) is 48.1 Å². The van der Waals surface area contributed by atoms with Gasteiger partial charge in [0, 0.05) is 29.9 Å². The number of carbonyl (C=O) groups is 1. The fraction of sp³-hybridized carbons (Fsp3) is 0.211. The van der Waals surface area contributed by atoms with E-state index in [1.54, 1.807) is 12.4 Å². The zero-order valence-electron chi connectivity index (χ0n) is 14.0. The third-order valence-electron chi connectivity index (χ3n) is 3.90. The minimum absolute atomic E-state index is 0.0667. The highest BCUT2D eigenvalue weighted by molar-refractivity contribution is 7.13. The Balaban J connectivity index is 1.34. The number of thiazole rings is 1. The van der Waals surface area contributed by atoms with Gasteiger partial charge in [0.1, 0.15) is 18.2 Å². The molecule has 6 nitrogen and oxygen atoms in total. The van der Waals surface area contributed by atoms with Crippen molar-refractivity contribution >= 4 is 17.2 Å². The Kier molecular flexibility index (Phi) is 4.79. The minimum Gasteiger partial charge on any atom is -0.486 e. The lowest BCUT2D eigenvalue weighted by molar-refractivity contribution is -0.120. The lowest BCUT2D eigenvalue weighted by Crippen LogP contribution is -2.24. The van der Waals surface area contributed by atoms with Crippen LogP contribution in [0.2, 0.25) is 0 Å². The maximum absolute atomic E-state index is 12.2. The van der Waals surface area contributed by atoms with Crippen LogP contribution in [0.1, 0.15) is 11.3 Å². The maximum Gasteiger partial charge on any atom is 0.226 e. The average Bonchev–Trinajstić information content (AvgIpc) is 3.15. The number of rotatable bonds is 5. The van der Waals surface area contributed by atoms with E-state index in [9.17, 15) is 4.79 Å². The Morgan fingerprint density at radius 2 is 2.08 bits per heavy atom. The monoisotopic (exact) mass is 367 g/mol. The van der Waals surface area contributed by atoms with Crippen molar-refractivity contribution in [2.75, 3.05) is 13.2 Å². The lowest BCUT2D eigenvalue weighted by Gasteiger charge is -2.18. The van der Waals surface area contributed by atoms with Crippen LogP contribution in [0.25, 0.3) is 10.6 Å². The third kappa shape index (κ3) is 3.83. The van der Waals surface area contributed by atoms with E-state index < -0.39 is 0 Å². The highest BCUT2D eigenvalue weighted by Crippen LogP contribution is 2.30. The first-order valence-electron chi connectivity index (χ1n) is 8.28. The van der Waals surface area contributed by atoms with Gasteiger partial charge in [0.05, 0.1) is 12.1 Å². The summed E-state index contributed by atoms with van der Waals surface area (Å²) in [6, 6.07) is 9.53. The van der Waals surface area contributed by atoms with E-state index in [4.69, 9.17) is 9.47 Å². The van der Waals surface area contributed by atoms with Gasteiger partial charge in [0.15, 0.2) is 11.5 Å². The molecule has 3 aromatic rings. The summed E-state index contributed by atoms with van der Waals surface area (Å²) in [4.78, 5) is 20.8. The van der Waals surface area contributed by atoms with E-state index in [1.807, 2.05) is 35.7 Å². The summed E-state index contributed by atoms with van der Waals surface area (Å²) in [6.45, 7) is 1.55. The van der Waals surface area contributed by atoms with Crippen molar-refractivity contribution in [3.8, 4) is 22.1 Å². The van der Waals surface area contributed by atoms with Gasteiger partial charge in [-0.1, -0.05) is 6.07 Å². The predicted octanol–water partition coefficient (Wildman–Crippen LogP) is 2.84. The van der Waals surface area contributed by atoms with Crippen molar-refractivity contribution in [3.05, 3.63) is 59.4 Å². The van der Waals surface area contributed by atoms with Crippen LogP contribution in [0.3, 0.4) is 0 Å². The fourth-order valence-corrected chi connectivity index (χ4v) is 3.45. The summed E-state index contributed by atoms with van der Waals surface area (Å²) in [6.07, 6.45) is 3.75. The molecule has 2 aromatic heterocycles. The summed E-state index contributed by atoms with van der Waals surface area (Å²) in [5, 5.41) is 5.70. The molecule has 0 unspecified atom stereocenters. The van der Waals surface area contributed by atoms with E-state index in [1.165, 1.54) is 11.3 Å². The molecule has 1 aliphatic heterocycles. The molecule has 0 atom stereocenters. The first-order chi connectivity index (χ1) is 12.8. The molecule has 26 heavy (non-hydrogen) atoms. The predicted molar refractivity (Wildman–Crippen MR) is 98.3 cm³/mol. The summed E-state index contributed by atoms with van der Waals surface area (Å²) >= 11 is 1.51. The van der Waals surface area contributed by atoms with Crippen LogP contribution in [0.5, 0.6) is 11.5 Å². The molecule has 0 saturated heterocycles. The van der Waals surface area contributed by atoms with Crippen molar-refractivity contribution in [1.29, 1.82) is 0 Å². The molecule has 0 aliphatic carbocycles. The number of pyridine rings is 1. The SMILES string of the molecule is O=C(Cc1csc(-c2cccnc2)n1)NCc1ccc2c(c1)OCCO2. The number of fused-ring (bicyclic) bond motifs is 1. The molecule has 1 aromatic carbocycles. The molecule has 0 radical (unpaired) electrons. The van der Waals surface area contributed by atoms with Crippen molar-refractivity contribution in [2.24, 2.45) is 0 Å².